The van der Waals surface area contributed by atoms with Crippen molar-refractivity contribution >= 4 is 29.0 Å². The van der Waals surface area contributed by atoms with E-state index in [1.165, 1.54) is 5.69 Å². The highest BCUT2D eigenvalue weighted by molar-refractivity contribution is 6.29. The molecule has 4 rings (SSSR count). The molecular weight excluding hydrogens is 390 g/mol. The van der Waals surface area contributed by atoms with E-state index in [9.17, 15) is 4.79 Å². The second-order valence-corrected chi connectivity index (χ2v) is 7.87. The summed E-state index contributed by atoms with van der Waals surface area (Å²) in [5.41, 5.74) is 1.18. The Morgan fingerprint density at radius 1 is 0.931 bits per heavy atom. The summed E-state index contributed by atoms with van der Waals surface area (Å²) in [5.74, 6) is 2.08. The van der Waals surface area contributed by atoms with Gasteiger partial charge in [-0.25, -0.2) is 0 Å². The first kappa shape index (κ1) is 19.8. The normalized spacial score (nSPS) is 18.1. The Bertz CT molecular complexity index is 814. The molecule has 29 heavy (non-hydrogen) atoms. The zero-order chi connectivity index (χ0) is 20.2. The van der Waals surface area contributed by atoms with Gasteiger partial charge in [-0.3, -0.25) is 4.79 Å². The van der Waals surface area contributed by atoms with Crippen LogP contribution >= 0.6 is 11.6 Å². The van der Waals surface area contributed by atoms with Gasteiger partial charge in [0.25, 0.3) is 0 Å². The van der Waals surface area contributed by atoms with Crippen molar-refractivity contribution in [3.05, 3.63) is 41.6 Å². The first-order valence-corrected chi connectivity index (χ1v) is 10.4. The Labute approximate surface area is 176 Å². The first-order valence-electron chi connectivity index (χ1n) is 10.1. The molecule has 0 saturated carbocycles. The fourth-order valence-corrected chi connectivity index (χ4v) is 4.17. The van der Waals surface area contributed by atoms with Crippen molar-refractivity contribution in [2.75, 3.05) is 56.2 Å². The molecule has 0 N–H and O–H groups in total. The minimum Gasteiger partial charge on any atom is -0.497 e. The largest absolute Gasteiger partial charge is 0.497 e. The molecule has 2 fully saturated rings. The zero-order valence-corrected chi connectivity index (χ0v) is 17.4. The van der Waals surface area contributed by atoms with Crippen LogP contribution in [0.3, 0.4) is 0 Å². The van der Waals surface area contributed by atoms with E-state index in [-0.39, 0.29) is 5.92 Å². The van der Waals surface area contributed by atoms with E-state index < -0.39 is 0 Å². The fourth-order valence-electron chi connectivity index (χ4n) is 4.07. The molecule has 0 bridgehead atoms. The SMILES string of the molecule is COc1ccc(N2CCN(C(=O)C3CCN(c4ccc(Cl)nn4)CC3)CC2)cc1. The Kier molecular flexibility index (Phi) is 6.04. The molecule has 7 nitrogen and oxygen atoms in total. The highest BCUT2D eigenvalue weighted by Gasteiger charge is 2.31. The summed E-state index contributed by atoms with van der Waals surface area (Å²) in [6.45, 7) is 4.90. The number of carbonyl (C=O) groups excluding carboxylic acids is 1. The molecule has 0 radical (unpaired) electrons. The van der Waals surface area contributed by atoms with E-state index in [4.69, 9.17) is 16.3 Å². The smallest absolute Gasteiger partial charge is 0.225 e. The van der Waals surface area contributed by atoms with Crippen molar-refractivity contribution < 1.29 is 9.53 Å². The quantitative estimate of drug-likeness (QED) is 0.765. The summed E-state index contributed by atoms with van der Waals surface area (Å²) in [7, 11) is 1.67. The molecule has 8 heteroatoms. The third-order valence-corrected chi connectivity index (χ3v) is 6.02. The van der Waals surface area contributed by atoms with Crippen LogP contribution in [0.5, 0.6) is 5.75 Å². The van der Waals surface area contributed by atoms with Crippen molar-refractivity contribution in [2.45, 2.75) is 12.8 Å². The standard InChI is InChI=1S/C21H26ClN5O2/c1-29-18-4-2-17(3-5-18)25-12-14-27(15-13-25)21(28)16-8-10-26(11-9-16)20-7-6-19(22)23-24-20/h2-7,16H,8-15H2,1H3. The van der Waals surface area contributed by atoms with E-state index in [0.717, 1.165) is 63.7 Å². The molecule has 1 amide bonds. The fraction of sp³-hybridized carbons (Fsp3) is 0.476. The summed E-state index contributed by atoms with van der Waals surface area (Å²) >= 11 is 5.81. The molecule has 0 spiro atoms. The number of halogens is 1. The van der Waals surface area contributed by atoms with Gasteiger partial charge in [-0.1, -0.05) is 11.6 Å². The molecule has 154 valence electrons. The summed E-state index contributed by atoms with van der Waals surface area (Å²) in [6.07, 6.45) is 1.70. The molecule has 1 aromatic heterocycles. The number of piperazine rings is 1. The molecule has 0 atom stereocenters. The predicted octanol–water partition coefficient (Wildman–Crippen LogP) is 2.70. The van der Waals surface area contributed by atoms with Crippen LogP contribution in [0.4, 0.5) is 11.5 Å². The van der Waals surface area contributed by atoms with Crippen LogP contribution in [0.2, 0.25) is 5.15 Å². The number of benzene rings is 1. The number of hydrogen-bond donors (Lipinski definition) is 0. The molecule has 2 aromatic rings. The third-order valence-electron chi connectivity index (χ3n) is 5.82. The number of nitrogens with zero attached hydrogens (tertiary/aromatic N) is 5. The maximum atomic E-state index is 13.0. The third kappa shape index (κ3) is 4.56. The minimum absolute atomic E-state index is 0.0963. The highest BCUT2D eigenvalue weighted by Crippen LogP contribution is 2.25. The molecule has 0 aliphatic carbocycles. The van der Waals surface area contributed by atoms with Crippen LogP contribution < -0.4 is 14.5 Å². The van der Waals surface area contributed by atoms with Crippen LogP contribution in [-0.4, -0.2) is 67.4 Å². The van der Waals surface area contributed by atoms with Gasteiger partial charge in [0.1, 0.15) is 5.75 Å². The van der Waals surface area contributed by atoms with Crippen LogP contribution in [0, 0.1) is 5.92 Å². The molecule has 3 heterocycles. The lowest BCUT2D eigenvalue weighted by molar-refractivity contribution is -0.136. The van der Waals surface area contributed by atoms with Crippen LogP contribution in [-0.2, 0) is 4.79 Å². The van der Waals surface area contributed by atoms with Gasteiger partial charge in [-0.05, 0) is 49.2 Å². The Balaban J connectivity index is 1.27. The monoisotopic (exact) mass is 415 g/mol. The van der Waals surface area contributed by atoms with Gasteiger partial charge in [0.2, 0.25) is 5.91 Å². The van der Waals surface area contributed by atoms with E-state index in [0.29, 0.717) is 11.1 Å². The lowest BCUT2D eigenvalue weighted by Gasteiger charge is -2.39. The van der Waals surface area contributed by atoms with Gasteiger partial charge in [-0.15, -0.1) is 10.2 Å². The Hall–Kier alpha value is -2.54. The topological polar surface area (TPSA) is 61.8 Å². The molecule has 1 aromatic carbocycles. The maximum Gasteiger partial charge on any atom is 0.225 e. The van der Waals surface area contributed by atoms with E-state index in [1.54, 1.807) is 13.2 Å². The average Bonchev–Trinajstić information content (AvgIpc) is 2.79. The summed E-state index contributed by atoms with van der Waals surface area (Å²) in [6, 6.07) is 11.7. The lowest BCUT2D eigenvalue weighted by Crippen LogP contribution is -2.51. The Morgan fingerprint density at radius 3 is 2.21 bits per heavy atom. The zero-order valence-electron chi connectivity index (χ0n) is 16.6. The van der Waals surface area contributed by atoms with E-state index in [2.05, 4.69) is 32.1 Å². The number of rotatable bonds is 4. The van der Waals surface area contributed by atoms with Gasteiger partial charge >= 0.3 is 0 Å². The van der Waals surface area contributed by atoms with Crippen molar-refractivity contribution in [3.63, 3.8) is 0 Å². The summed E-state index contributed by atoms with van der Waals surface area (Å²) < 4.78 is 5.23. The number of anilines is 2. The van der Waals surface area contributed by atoms with Gasteiger partial charge in [-0.2, -0.15) is 0 Å². The number of amides is 1. The predicted molar refractivity (Wildman–Crippen MR) is 114 cm³/mol. The maximum absolute atomic E-state index is 13.0. The van der Waals surface area contributed by atoms with Crippen molar-refractivity contribution in [1.82, 2.24) is 15.1 Å². The van der Waals surface area contributed by atoms with Crippen molar-refractivity contribution in [2.24, 2.45) is 5.92 Å². The van der Waals surface area contributed by atoms with Crippen molar-refractivity contribution in [3.8, 4) is 5.75 Å². The van der Waals surface area contributed by atoms with E-state index >= 15 is 0 Å². The highest BCUT2D eigenvalue weighted by atomic mass is 35.5. The summed E-state index contributed by atoms with van der Waals surface area (Å²) in [5, 5.41) is 8.45. The van der Waals surface area contributed by atoms with Crippen LogP contribution in [0.1, 0.15) is 12.8 Å². The average molecular weight is 416 g/mol. The lowest BCUT2D eigenvalue weighted by atomic mass is 9.95. The number of ether oxygens (including phenoxy) is 1. The number of hydrogen-bond acceptors (Lipinski definition) is 6. The van der Waals surface area contributed by atoms with Crippen LogP contribution in [0.25, 0.3) is 0 Å². The molecule has 2 aliphatic heterocycles. The number of aromatic nitrogens is 2. The van der Waals surface area contributed by atoms with E-state index in [1.807, 2.05) is 23.1 Å². The summed E-state index contributed by atoms with van der Waals surface area (Å²) in [4.78, 5) is 19.5. The van der Waals surface area contributed by atoms with Crippen molar-refractivity contribution in [1.29, 1.82) is 0 Å². The van der Waals surface area contributed by atoms with Crippen LogP contribution in [0.15, 0.2) is 36.4 Å². The van der Waals surface area contributed by atoms with Gasteiger partial charge in [0.05, 0.1) is 7.11 Å². The molecule has 0 unspecified atom stereocenters. The molecular formula is C21H26ClN5O2. The van der Waals surface area contributed by atoms with Gasteiger partial charge in [0, 0.05) is 50.9 Å². The number of piperidine rings is 1. The Morgan fingerprint density at radius 2 is 1.62 bits per heavy atom. The second-order valence-electron chi connectivity index (χ2n) is 7.49. The molecule has 2 aliphatic rings. The van der Waals surface area contributed by atoms with Gasteiger partial charge in [0.15, 0.2) is 11.0 Å². The molecule has 2 saturated heterocycles. The second kappa shape index (κ2) is 8.86. The number of carbonyl (C=O) groups is 1. The first-order chi connectivity index (χ1) is 14.1. The number of methoxy groups -OCH3 is 1. The van der Waals surface area contributed by atoms with Gasteiger partial charge < -0.3 is 19.4 Å². The minimum atomic E-state index is 0.0963.